The smallest absolute Gasteiger partial charge is 0.245 e. The van der Waals surface area contributed by atoms with Crippen LogP contribution in [0.15, 0.2) is 0 Å². The average Bonchev–Trinajstić information content (AvgIpc) is 3.03. The van der Waals surface area contributed by atoms with Gasteiger partial charge in [0.05, 0.1) is 6.10 Å². The van der Waals surface area contributed by atoms with Gasteiger partial charge in [0.1, 0.15) is 42.3 Å². The number of carbonyl (C=O) groups is 7. The third-order valence-corrected chi connectivity index (χ3v) is 9.35. The van der Waals surface area contributed by atoms with E-state index in [2.05, 4.69) is 16.0 Å². The highest BCUT2D eigenvalue weighted by Gasteiger charge is 2.40. The normalized spacial score (nSPS) is 28.9. The van der Waals surface area contributed by atoms with Crippen LogP contribution in [0.1, 0.15) is 82.1 Å². The summed E-state index contributed by atoms with van der Waals surface area (Å²) in [4.78, 5) is 100. The number of nitrogens with one attached hydrogen (secondary N) is 3. The summed E-state index contributed by atoms with van der Waals surface area (Å²) >= 11 is 0. The Morgan fingerprint density at radius 1 is 0.551 bits per heavy atom. The van der Waals surface area contributed by atoms with Crippen LogP contribution in [0, 0.1) is 17.8 Å². The summed E-state index contributed by atoms with van der Waals surface area (Å²) < 4.78 is 0. The average molecular weight is 696 g/mol. The van der Waals surface area contributed by atoms with Crippen molar-refractivity contribution in [1.29, 1.82) is 0 Å². The number of hydrogen-bond donors (Lipinski definition) is 4. The molecule has 1 heterocycles. The van der Waals surface area contributed by atoms with Crippen molar-refractivity contribution in [2.75, 3.05) is 28.2 Å². The standard InChI is InChI=1S/C34H61N7O8/c1-17(2)15-24-34(49)40(13)22(9)32(47)38(11)21(8)28(43)37-26(27(42)19(5)6)30(45)35-20(7)31(46)39(12)23(10)33(48)41(14)25(16-18(3)4)29(44)36-24/h17-27,42H,15-16H2,1-14H3,(H,35,45)(H,36,44)(H,37,43)/t20-,21-,22+,23+,24+,25+,26-,27-/m1/s1. The fourth-order valence-corrected chi connectivity index (χ4v) is 5.55. The van der Waals surface area contributed by atoms with Crippen LogP contribution in [-0.4, -0.2) is 143 Å². The van der Waals surface area contributed by atoms with E-state index in [1.807, 2.05) is 27.7 Å². The fraction of sp³-hybridized carbons (Fsp3) is 0.794. The van der Waals surface area contributed by atoms with Crippen LogP contribution < -0.4 is 16.0 Å². The molecule has 0 saturated carbocycles. The van der Waals surface area contributed by atoms with E-state index in [-0.39, 0.29) is 24.7 Å². The molecule has 0 aromatic heterocycles. The number of carbonyl (C=O) groups excluding carboxylic acids is 7. The van der Waals surface area contributed by atoms with E-state index in [1.54, 1.807) is 13.8 Å². The van der Waals surface area contributed by atoms with E-state index in [9.17, 15) is 38.7 Å². The van der Waals surface area contributed by atoms with Gasteiger partial charge in [-0.05, 0) is 58.3 Å². The maximum atomic E-state index is 13.9. The molecule has 1 fully saturated rings. The lowest BCUT2D eigenvalue weighted by Crippen LogP contribution is -2.61. The first-order valence-electron chi connectivity index (χ1n) is 17.1. The van der Waals surface area contributed by atoms with E-state index in [0.29, 0.717) is 0 Å². The molecule has 1 saturated heterocycles. The predicted octanol–water partition coefficient (Wildman–Crippen LogP) is -0.0489. The van der Waals surface area contributed by atoms with Crippen LogP contribution in [0.4, 0.5) is 0 Å². The Morgan fingerprint density at radius 3 is 1.47 bits per heavy atom. The highest BCUT2D eigenvalue weighted by molar-refractivity contribution is 5.98. The Bertz CT molecular complexity index is 1220. The van der Waals surface area contributed by atoms with E-state index < -0.39 is 95.7 Å². The fourth-order valence-electron chi connectivity index (χ4n) is 5.55. The zero-order valence-electron chi connectivity index (χ0n) is 31.9. The van der Waals surface area contributed by atoms with Crippen molar-refractivity contribution in [2.24, 2.45) is 17.8 Å². The molecule has 1 rings (SSSR count). The van der Waals surface area contributed by atoms with E-state index >= 15 is 0 Å². The van der Waals surface area contributed by atoms with Crippen molar-refractivity contribution in [3.63, 3.8) is 0 Å². The van der Waals surface area contributed by atoms with Crippen molar-refractivity contribution in [1.82, 2.24) is 35.6 Å². The van der Waals surface area contributed by atoms with Gasteiger partial charge in [0.25, 0.3) is 0 Å². The summed E-state index contributed by atoms with van der Waals surface area (Å²) in [5.41, 5.74) is 0. The minimum absolute atomic E-state index is 0.0204. The number of amides is 7. The van der Waals surface area contributed by atoms with Gasteiger partial charge in [0.2, 0.25) is 41.4 Å². The van der Waals surface area contributed by atoms with Crippen LogP contribution in [0.3, 0.4) is 0 Å². The first-order valence-corrected chi connectivity index (χ1v) is 17.1. The molecule has 0 aromatic rings. The minimum Gasteiger partial charge on any atom is -0.390 e. The maximum Gasteiger partial charge on any atom is 0.245 e. The molecule has 1 aliphatic heterocycles. The summed E-state index contributed by atoms with van der Waals surface area (Å²) in [6, 6.07) is -7.88. The maximum absolute atomic E-state index is 13.9. The van der Waals surface area contributed by atoms with Gasteiger partial charge in [-0.2, -0.15) is 0 Å². The third-order valence-electron chi connectivity index (χ3n) is 9.35. The number of hydrogen-bond acceptors (Lipinski definition) is 8. The number of nitrogens with zero attached hydrogens (tertiary/aromatic N) is 4. The summed E-state index contributed by atoms with van der Waals surface area (Å²) in [5, 5.41) is 18.8. The Kier molecular flexibility index (Phi) is 16.2. The van der Waals surface area contributed by atoms with Crippen molar-refractivity contribution < 1.29 is 38.7 Å². The Morgan fingerprint density at radius 2 is 1.00 bits per heavy atom. The van der Waals surface area contributed by atoms with Crippen LogP contribution in [-0.2, 0) is 33.6 Å². The molecule has 0 spiro atoms. The highest BCUT2D eigenvalue weighted by Crippen LogP contribution is 2.17. The van der Waals surface area contributed by atoms with Gasteiger partial charge in [0, 0.05) is 28.2 Å². The second-order valence-corrected chi connectivity index (χ2v) is 14.6. The number of likely N-dealkylation sites (N-methyl/N-ethyl adjacent to an activating group) is 4. The van der Waals surface area contributed by atoms with Crippen molar-refractivity contribution in [2.45, 2.75) is 130 Å². The molecule has 15 nitrogen and oxygen atoms in total. The van der Waals surface area contributed by atoms with Gasteiger partial charge in [-0.1, -0.05) is 41.5 Å². The number of rotatable bonds is 6. The minimum atomic E-state index is -1.48. The lowest BCUT2D eigenvalue weighted by atomic mass is 9.98. The molecule has 15 heteroatoms. The molecular formula is C34H61N7O8. The molecule has 280 valence electrons. The molecule has 8 atom stereocenters. The van der Waals surface area contributed by atoms with Gasteiger partial charge in [-0.15, -0.1) is 0 Å². The topological polar surface area (TPSA) is 189 Å². The molecule has 7 amide bonds. The number of aliphatic hydroxyl groups excluding tert-OH is 1. The van der Waals surface area contributed by atoms with Gasteiger partial charge >= 0.3 is 0 Å². The van der Waals surface area contributed by atoms with E-state index in [0.717, 1.165) is 9.80 Å². The van der Waals surface area contributed by atoms with E-state index in [1.165, 1.54) is 65.7 Å². The lowest BCUT2D eigenvalue weighted by molar-refractivity contribution is -0.149. The highest BCUT2D eigenvalue weighted by atomic mass is 16.3. The molecule has 4 N–H and O–H groups in total. The zero-order chi connectivity index (χ0) is 38.2. The van der Waals surface area contributed by atoms with Gasteiger partial charge in [-0.25, -0.2) is 0 Å². The van der Waals surface area contributed by atoms with Gasteiger partial charge < -0.3 is 40.7 Å². The van der Waals surface area contributed by atoms with E-state index in [4.69, 9.17) is 0 Å². The molecule has 0 bridgehead atoms. The number of aliphatic hydroxyl groups is 1. The third kappa shape index (κ3) is 11.1. The second-order valence-electron chi connectivity index (χ2n) is 14.6. The van der Waals surface area contributed by atoms with Crippen molar-refractivity contribution in [3.8, 4) is 0 Å². The molecular weight excluding hydrogens is 634 g/mol. The van der Waals surface area contributed by atoms with Crippen LogP contribution in [0.2, 0.25) is 0 Å². The summed E-state index contributed by atoms with van der Waals surface area (Å²) in [6.45, 7) is 16.8. The first-order chi connectivity index (χ1) is 22.5. The predicted molar refractivity (Wildman–Crippen MR) is 184 cm³/mol. The zero-order valence-corrected chi connectivity index (χ0v) is 31.9. The lowest BCUT2D eigenvalue weighted by Gasteiger charge is -2.36. The molecule has 0 aliphatic carbocycles. The molecule has 0 radical (unpaired) electrons. The monoisotopic (exact) mass is 695 g/mol. The Hall–Kier alpha value is -3.75. The first kappa shape index (κ1) is 43.3. The SMILES string of the molecule is CC(C)C[C@@H]1NC(=O)[C@H](CC(C)C)N(C)C(=O)[C@H](C)N(C)C(=O)[C@@H](C)NC(=O)[C@@H]([C@H](O)C(C)C)NC(=O)[C@@H](C)N(C)C(=O)[C@H](C)N(C)C1=O. The summed E-state index contributed by atoms with van der Waals surface area (Å²) in [7, 11) is 5.70. The second kappa shape index (κ2) is 18.3. The van der Waals surface area contributed by atoms with Crippen LogP contribution >= 0.6 is 0 Å². The van der Waals surface area contributed by atoms with Gasteiger partial charge in [0.15, 0.2) is 0 Å². The molecule has 0 unspecified atom stereocenters. The summed E-state index contributed by atoms with van der Waals surface area (Å²) in [5.74, 6) is -4.93. The Labute approximate surface area is 291 Å². The van der Waals surface area contributed by atoms with Crippen molar-refractivity contribution in [3.05, 3.63) is 0 Å². The molecule has 1 aliphatic rings. The Balaban J connectivity index is 3.78. The van der Waals surface area contributed by atoms with Crippen LogP contribution in [0.5, 0.6) is 0 Å². The van der Waals surface area contributed by atoms with Crippen LogP contribution in [0.25, 0.3) is 0 Å². The quantitative estimate of drug-likeness (QED) is 0.298. The largest absolute Gasteiger partial charge is 0.390 e. The summed E-state index contributed by atoms with van der Waals surface area (Å²) in [6.07, 6.45) is -0.832. The van der Waals surface area contributed by atoms with Crippen molar-refractivity contribution >= 4 is 41.4 Å². The molecule has 0 aromatic carbocycles. The van der Waals surface area contributed by atoms with Gasteiger partial charge in [-0.3, -0.25) is 33.6 Å². The molecule has 49 heavy (non-hydrogen) atoms.